The molecule has 5 rings (SSSR count). The molecular weight excluding hydrogens is 412 g/mol. The van der Waals surface area contributed by atoms with Crippen LogP contribution >= 0.6 is 0 Å². The van der Waals surface area contributed by atoms with Crippen molar-refractivity contribution in [3.8, 4) is 11.3 Å². The summed E-state index contributed by atoms with van der Waals surface area (Å²) in [6.45, 7) is 5.34. The first-order valence-corrected chi connectivity index (χ1v) is 11.2. The molecule has 0 saturated carbocycles. The van der Waals surface area contributed by atoms with Gasteiger partial charge in [0, 0.05) is 42.3 Å². The van der Waals surface area contributed by atoms with E-state index in [4.69, 9.17) is 9.72 Å². The van der Waals surface area contributed by atoms with E-state index in [9.17, 15) is 4.79 Å². The first kappa shape index (κ1) is 21.1. The van der Waals surface area contributed by atoms with Gasteiger partial charge in [0.25, 0.3) is 5.91 Å². The molecular formula is C27H26N4O2. The number of nitrogens with zero attached hydrogens (tertiary/aromatic N) is 3. The number of carbonyl (C=O) groups excluding carboxylic acids is 1. The van der Waals surface area contributed by atoms with Gasteiger partial charge in [-0.2, -0.15) is 0 Å². The average molecular weight is 439 g/mol. The molecule has 0 atom stereocenters. The van der Waals surface area contributed by atoms with Crippen molar-refractivity contribution in [1.29, 1.82) is 0 Å². The number of hydrogen-bond donors (Lipinski definition) is 1. The Bertz CT molecular complexity index is 1280. The van der Waals surface area contributed by atoms with Gasteiger partial charge >= 0.3 is 0 Å². The van der Waals surface area contributed by atoms with E-state index in [0.717, 1.165) is 52.2 Å². The van der Waals surface area contributed by atoms with Gasteiger partial charge < -0.3 is 15.0 Å². The van der Waals surface area contributed by atoms with Crippen LogP contribution in [0.15, 0.2) is 72.9 Å². The lowest BCUT2D eigenvalue weighted by Crippen LogP contribution is -2.38. The summed E-state index contributed by atoms with van der Waals surface area (Å²) in [5, 5.41) is 4.00. The maximum Gasteiger partial charge on any atom is 0.252 e. The summed E-state index contributed by atoms with van der Waals surface area (Å²) in [6, 6.07) is 21.7. The van der Waals surface area contributed by atoms with Crippen LogP contribution in [0.2, 0.25) is 0 Å². The molecule has 1 aliphatic rings. The highest BCUT2D eigenvalue weighted by Gasteiger charge is 2.20. The summed E-state index contributed by atoms with van der Waals surface area (Å²) in [5.74, 6) is 0.794. The third-order valence-electron chi connectivity index (χ3n) is 6.03. The van der Waals surface area contributed by atoms with Crippen LogP contribution < -0.4 is 10.2 Å². The van der Waals surface area contributed by atoms with Gasteiger partial charge in [-0.05, 0) is 24.6 Å². The molecule has 166 valence electrons. The molecule has 33 heavy (non-hydrogen) atoms. The highest BCUT2D eigenvalue weighted by Crippen LogP contribution is 2.29. The Balaban J connectivity index is 1.48. The number of nitrogens with one attached hydrogen (secondary N) is 1. The van der Waals surface area contributed by atoms with E-state index >= 15 is 0 Å². The van der Waals surface area contributed by atoms with Crippen LogP contribution in [0.4, 0.5) is 5.82 Å². The number of benzene rings is 2. The van der Waals surface area contributed by atoms with Crippen molar-refractivity contribution < 1.29 is 9.53 Å². The quantitative estimate of drug-likeness (QED) is 0.501. The fraction of sp³-hybridized carbons (Fsp3) is 0.222. The molecule has 0 bridgehead atoms. The molecule has 1 amide bonds. The number of hydrogen-bond acceptors (Lipinski definition) is 5. The van der Waals surface area contributed by atoms with Crippen LogP contribution in [0.3, 0.4) is 0 Å². The van der Waals surface area contributed by atoms with E-state index in [-0.39, 0.29) is 5.91 Å². The molecule has 3 heterocycles. The Morgan fingerprint density at radius 2 is 1.76 bits per heavy atom. The van der Waals surface area contributed by atoms with Crippen LogP contribution in [-0.2, 0) is 11.3 Å². The first-order chi connectivity index (χ1) is 16.2. The zero-order valence-corrected chi connectivity index (χ0v) is 18.6. The average Bonchev–Trinajstić information content (AvgIpc) is 2.88. The van der Waals surface area contributed by atoms with Crippen molar-refractivity contribution in [3.63, 3.8) is 0 Å². The highest BCUT2D eigenvalue weighted by atomic mass is 16.5. The summed E-state index contributed by atoms with van der Waals surface area (Å²) in [6.07, 6.45) is 1.79. The van der Waals surface area contributed by atoms with Crippen LogP contribution in [0, 0.1) is 6.92 Å². The predicted molar refractivity (Wildman–Crippen MR) is 130 cm³/mol. The van der Waals surface area contributed by atoms with Crippen LogP contribution in [-0.4, -0.2) is 42.2 Å². The molecule has 2 aromatic carbocycles. The lowest BCUT2D eigenvalue weighted by atomic mass is 9.97. The number of fused-ring (bicyclic) bond motifs is 1. The molecule has 0 aliphatic carbocycles. The number of pyridine rings is 2. The Hall–Kier alpha value is -3.77. The van der Waals surface area contributed by atoms with Crippen LogP contribution in [0.1, 0.15) is 21.5 Å². The molecule has 6 heteroatoms. The number of ether oxygens (including phenoxy) is 1. The normalized spacial score (nSPS) is 13.8. The van der Waals surface area contributed by atoms with E-state index in [2.05, 4.69) is 15.2 Å². The van der Waals surface area contributed by atoms with Gasteiger partial charge in [-0.3, -0.25) is 4.79 Å². The molecule has 6 nitrogen and oxygen atoms in total. The number of morpholine rings is 1. The fourth-order valence-electron chi connectivity index (χ4n) is 4.37. The summed E-state index contributed by atoms with van der Waals surface area (Å²) in [7, 11) is 0. The molecule has 0 radical (unpaired) electrons. The van der Waals surface area contributed by atoms with Crippen molar-refractivity contribution in [3.05, 3.63) is 89.6 Å². The third kappa shape index (κ3) is 4.30. The minimum absolute atomic E-state index is 0.111. The minimum Gasteiger partial charge on any atom is -0.378 e. The van der Waals surface area contributed by atoms with E-state index in [1.54, 1.807) is 6.20 Å². The number of amides is 1. The lowest BCUT2D eigenvalue weighted by Gasteiger charge is -2.29. The maximum atomic E-state index is 13.5. The van der Waals surface area contributed by atoms with E-state index in [1.807, 2.05) is 73.7 Å². The largest absolute Gasteiger partial charge is 0.378 e. The minimum atomic E-state index is -0.111. The zero-order valence-electron chi connectivity index (χ0n) is 18.6. The number of anilines is 1. The van der Waals surface area contributed by atoms with Crippen molar-refractivity contribution in [2.45, 2.75) is 13.5 Å². The molecule has 1 saturated heterocycles. The van der Waals surface area contributed by atoms with Gasteiger partial charge in [0.1, 0.15) is 5.82 Å². The molecule has 1 aliphatic heterocycles. The van der Waals surface area contributed by atoms with Gasteiger partial charge in [0.2, 0.25) is 0 Å². The molecule has 0 spiro atoms. The monoisotopic (exact) mass is 438 g/mol. The summed E-state index contributed by atoms with van der Waals surface area (Å²) >= 11 is 0. The van der Waals surface area contributed by atoms with Gasteiger partial charge in [0.15, 0.2) is 0 Å². The summed E-state index contributed by atoms with van der Waals surface area (Å²) in [5.41, 5.74) is 5.16. The molecule has 2 aromatic heterocycles. The molecule has 4 aromatic rings. The second kappa shape index (κ2) is 9.38. The SMILES string of the molecule is Cc1c(-c2ccccc2)nc2ccccc2c1C(=O)NCc1cccnc1N1CCOCC1. The topological polar surface area (TPSA) is 67.4 Å². The third-order valence-corrected chi connectivity index (χ3v) is 6.03. The number of carbonyl (C=O) groups is 1. The maximum absolute atomic E-state index is 13.5. The predicted octanol–water partition coefficient (Wildman–Crippen LogP) is 4.37. The van der Waals surface area contributed by atoms with Crippen molar-refractivity contribution in [2.24, 2.45) is 0 Å². The second-order valence-electron chi connectivity index (χ2n) is 8.11. The van der Waals surface area contributed by atoms with E-state index < -0.39 is 0 Å². The van der Waals surface area contributed by atoms with Gasteiger partial charge in [-0.25, -0.2) is 9.97 Å². The lowest BCUT2D eigenvalue weighted by molar-refractivity contribution is 0.0951. The Morgan fingerprint density at radius 1 is 1.00 bits per heavy atom. The number of aromatic nitrogens is 2. The van der Waals surface area contributed by atoms with Crippen molar-refractivity contribution >= 4 is 22.6 Å². The Kier molecular flexibility index (Phi) is 6.00. The smallest absolute Gasteiger partial charge is 0.252 e. The Labute approximate surface area is 193 Å². The molecule has 1 fully saturated rings. The standard InChI is InChI=1S/C27H26N4O2/c1-19-24(22-11-5-6-12-23(22)30-25(19)20-8-3-2-4-9-20)27(32)29-18-21-10-7-13-28-26(21)31-14-16-33-17-15-31/h2-13H,14-18H2,1H3,(H,29,32). The summed E-state index contributed by atoms with van der Waals surface area (Å²) < 4.78 is 5.47. The van der Waals surface area contributed by atoms with Crippen LogP contribution in [0.25, 0.3) is 22.2 Å². The Morgan fingerprint density at radius 3 is 2.58 bits per heavy atom. The van der Waals surface area contributed by atoms with E-state index in [1.165, 1.54) is 0 Å². The molecule has 1 N–H and O–H groups in total. The van der Waals surface area contributed by atoms with Crippen molar-refractivity contribution in [1.82, 2.24) is 15.3 Å². The first-order valence-electron chi connectivity index (χ1n) is 11.2. The highest BCUT2D eigenvalue weighted by molar-refractivity contribution is 6.08. The fourth-order valence-corrected chi connectivity index (χ4v) is 4.37. The van der Waals surface area contributed by atoms with Crippen molar-refractivity contribution in [2.75, 3.05) is 31.2 Å². The zero-order chi connectivity index (χ0) is 22.6. The number of rotatable bonds is 5. The van der Waals surface area contributed by atoms with Gasteiger partial charge in [-0.1, -0.05) is 54.6 Å². The van der Waals surface area contributed by atoms with E-state index in [0.29, 0.717) is 25.3 Å². The van der Waals surface area contributed by atoms with Gasteiger partial charge in [0.05, 0.1) is 30.0 Å². The second-order valence-corrected chi connectivity index (χ2v) is 8.11. The van der Waals surface area contributed by atoms with Crippen LogP contribution in [0.5, 0.6) is 0 Å². The number of para-hydroxylation sites is 1. The van der Waals surface area contributed by atoms with Gasteiger partial charge in [-0.15, -0.1) is 0 Å². The molecule has 0 unspecified atom stereocenters. The summed E-state index contributed by atoms with van der Waals surface area (Å²) in [4.78, 5) is 25.2.